The lowest BCUT2D eigenvalue weighted by Crippen LogP contribution is -2.45. The Morgan fingerprint density at radius 2 is 2.47 bits per heavy atom. The molecule has 104 valence electrons. The third-order valence-corrected chi connectivity index (χ3v) is 2.94. The molecule has 1 saturated heterocycles. The largest absolute Gasteiger partial charge is 0.383 e. The van der Waals surface area contributed by atoms with Crippen LogP contribution >= 0.6 is 0 Å². The second kappa shape index (κ2) is 6.49. The normalized spacial score (nSPS) is 18.9. The summed E-state index contributed by atoms with van der Waals surface area (Å²) in [6, 6.07) is 3.93. The average molecular weight is 264 g/mol. The Hall–Kier alpha value is -1.66. The fourth-order valence-electron chi connectivity index (χ4n) is 1.88. The van der Waals surface area contributed by atoms with Crippen LogP contribution < -0.4 is 10.6 Å². The molecule has 0 aromatic carbocycles. The smallest absolute Gasteiger partial charge is 0.272 e. The minimum Gasteiger partial charge on any atom is -0.383 e. The van der Waals surface area contributed by atoms with Crippen molar-refractivity contribution in [1.82, 2.24) is 15.2 Å². The topological polar surface area (TPSA) is 66.5 Å². The van der Waals surface area contributed by atoms with Crippen molar-refractivity contribution in [2.24, 2.45) is 0 Å². The molecule has 0 radical (unpaired) electrons. The van der Waals surface area contributed by atoms with Crippen molar-refractivity contribution < 1.29 is 9.53 Å². The zero-order valence-corrected chi connectivity index (χ0v) is 11.3. The van der Waals surface area contributed by atoms with E-state index in [0.29, 0.717) is 18.3 Å². The lowest BCUT2D eigenvalue weighted by molar-refractivity contribution is 0.0806. The molecule has 19 heavy (non-hydrogen) atoms. The quantitative estimate of drug-likeness (QED) is 0.812. The highest BCUT2D eigenvalue weighted by molar-refractivity contribution is 5.92. The molecule has 0 bridgehead atoms. The van der Waals surface area contributed by atoms with E-state index >= 15 is 0 Å². The Morgan fingerprint density at radius 1 is 1.63 bits per heavy atom. The Bertz CT molecular complexity index is 430. The number of carbonyl (C=O) groups is 1. The fourth-order valence-corrected chi connectivity index (χ4v) is 1.88. The highest BCUT2D eigenvalue weighted by atomic mass is 16.5. The Morgan fingerprint density at radius 3 is 3.16 bits per heavy atom. The molecule has 2 N–H and O–H groups in total. The maximum Gasteiger partial charge on any atom is 0.272 e. The molecule has 0 aliphatic carbocycles. The Labute approximate surface area is 113 Å². The maximum absolute atomic E-state index is 11.8. The summed E-state index contributed by atoms with van der Waals surface area (Å²) >= 11 is 0. The van der Waals surface area contributed by atoms with E-state index in [9.17, 15) is 4.79 Å². The number of rotatable bonds is 4. The molecule has 1 aliphatic rings. The molecule has 1 aromatic rings. The van der Waals surface area contributed by atoms with Crippen molar-refractivity contribution in [3.8, 4) is 0 Å². The van der Waals surface area contributed by atoms with Gasteiger partial charge in [-0.3, -0.25) is 9.78 Å². The van der Waals surface area contributed by atoms with Gasteiger partial charge in [-0.25, -0.2) is 0 Å². The van der Waals surface area contributed by atoms with Gasteiger partial charge in [-0.2, -0.15) is 0 Å². The predicted octanol–water partition coefficient (Wildman–Crippen LogP) is 0.184. The summed E-state index contributed by atoms with van der Waals surface area (Å²) in [6.07, 6.45) is 1.64. The minimum absolute atomic E-state index is 0.0947. The van der Waals surface area contributed by atoms with Gasteiger partial charge in [0.2, 0.25) is 0 Å². The summed E-state index contributed by atoms with van der Waals surface area (Å²) in [7, 11) is 3.43. The molecule has 1 unspecified atom stereocenters. The van der Waals surface area contributed by atoms with Crippen molar-refractivity contribution in [3.63, 3.8) is 0 Å². The summed E-state index contributed by atoms with van der Waals surface area (Å²) in [5, 5.41) is 6.66. The number of ether oxygens (including phenoxy) is 1. The first kappa shape index (κ1) is 13.8. The molecule has 6 nitrogen and oxygen atoms in total. The van der Waals surface area contributed by atoms with Crippen LogP contribution in [0.3, 0.4) is 0 Å². The minimum atomic E-state index is -0.0947. The number of carbonyl (C=O) groups excluding carboxylic acids is 1. The van der Waals surface area contributed by atoms with E-state index in [1.807, 2.05) is 6.07 Å². The molecule has 1 aromatic heterocycles. The highest BCUT2D eigenvalue weighted by Crippen LogP contribution is 2.09. The standard InChI is InChI=1S/C13H20N4O2/c1-17(2)13(18)12-7-10(3-4-15-12)16-8-11-9-19-6-5-14-11/h3-4,7,11,14H,5-6,8-9H2,1-2H3,(H,15,16). The fraction of sp³-hybridized carbons (Fsp3) is 0.538. The molecule has 2 heterocycles. The van der Waals surface area contributed by atoms with Gasteiger partial charge in [0.05, 0.1) is 13.2 Å². The van der Waals surface area contributed by atoms with Gasteiger partial charge in [-0.05, 0) is 12.1 Å². The number of anilines is 1. The molecule has 6 heteroatoms. The number of amides is 1. The van der Waals surface area contributed by atoms with Crippen LogP contribution in [0.1, 0.15) is 10.5 Å². The molecule has 1 fully saturated rings. The number of aromatic nitrogens is 1. The van der Waals surface area contributed by atoms with E-state index in [2.05, 4.69) is 15.6 Å². The second-order valence-corrected chi connectivity index (χ2v) is 4.74. The molecule has 0 spiro atoms. The van der Waals surface area contributed by atoms with E-state index in [1.54, 1.807) is 26.4 Å². The SMILES string of the molecule is CN(C)C(=O)c1cc(NCC2COCCN2)ccn1. The number of hydrogen-bond acceptors (Lipinski definition) is 5. The van der Waals surface area contributed by atoms with Gasteiger partial charge in [-0.1, -0.05) is 0 Å². The second-order valence-electron chi connectivity index (χ2n) is 4.74. The van der Waals surface area contributed by atoms with Crippen LogP contribution in [-0.4, -0.2) is 62.2 Å². The highest BCUT2D eigenvalue weighted by Gasteiger charge is 2.13. The molecule has 1 atom stereocenters. The Kier molecular flexibility index (Phi) is 4.70. The van der Waals surface area contributed by atoms with Crippen molar-refractivity contribution in [3.05, 3.63) is 24.0 Å². The monoisotopic (exact) mass is 264 g/mol. The number of pyridine rings is 1. The molecular formula is C13H20N4O2. The summed E-state index contributed by atoms with van der Waals surface area (Å²) in [4.78, 5) is 17.4. The summed E-state index contributed by atoms with van der Waals surface area (Å²) in [5.74, 6) is -0.0947. The lowest BCUT2D eigenvalue weighted by atomic mass is 10.2. The van der Waals surface area contributed by atoms with Crippen LogP contribution in [0.5, 0.6) is 0 Å². The first-order valence-electron chi connectivity index (χ1n) is 6.39. The van der Waals surface area contributed by atoms with Crippen LogP contribution in [0.2, 0.25) is 0 Å². The third-order valence-electron chi connectivity index (χ3n) is 2.94. The van der Waals surface area contributed by atoms with Gasteiger partial charge < -0.3 is 20.3 Å². The average Bonchev–Trinajstić information content (AvgIpc) is 2.45. The van der Waals surface area contributed by atoms with Crippen LogP contribution in [0.4, 0.5) is 5.69 Å². The molecule has 2 rings (SSSR count). The van der Waals surface area contributed by atoms with Crippen molar-refractivity contribution >= 4 is 11.6 Å². The van der Waals surface area contributed by atoms with Gasteiger partial charge in [0.1, 0.15) is 5.69 Å². The van der Waals surface area contributed by atoms with Crippen molar-refractivity contribution in [2.75, 3.05) is 45.7 Å². The van der Waals surface area contributed by atoms with Crippen LogP contribution in [0.25, 0.3) is 0 Å². The van der Waals surface area contributed by atoms with E-state index in [1.165, 1.54) is 4.90 Å². The van der Waals surface area contributed by atoms with E-state index in [0.717, 1.165) is 25.4 Å². The lowest BCUT2D eigenvalue weighted by Gasteiger charge is -2.24. The van der Waals surface area contributed by atoms with Crippen LogP contribution in [-0.2, 0) is 4.74 Å². The molecule has 0 saturated carbocycles. The third kappa shape index (κ3) is 3.90. The number of nitrogens with one attached hydrogen (secondary N) is 2. The van der Waals surface area contributed by atoms with Gasteiger partial charge in [0.15, 0.2) is 0 Å². The summed E-state index contributed by atoms with van der Waals surface area (Å²) in [6.45, 7) is 3.13. The number of hydrogen-bond donors (Lipinski definition) is 2. The van der Waals surface area contributed by atoms with Crippen molar-refractivity contribution in [1.29, 1.82) is 0 Å². The summed E-state index contributed by atoms with van der Waals surface area (Å²) < 4.78 is 5.39. The number of nitrogens with zero attached hydrogens (tertiary/aromatic N) is 2. The summed E-state index contributed by atoms with van der Waals surface area (Å²) in [5.41, 5.74) is 1.34. The van der Waals surface area contributed by atoms with Crippen molar-refractivity contribution in [2.45, 2.75) is 6.04 Å². The number of morpholine rings is 1. The molecule has 1 amide bonds. The Balaban J connectivity index is 1.93. The zero-order valence-electron chi connectivity index (χ0n) is 11.3. The van der Waals surface area contributed by atoms with Gasteiger partial charge in [-0.15, -0.1) is 0 Å². The van der Waals surface area contributed by atoms with E-state index < -0.39 is 0 Å². The first-order chi connectivity index (χ1) is 9.16. The molecular weight excluding hydrogens is 244 g/mol. The van der Waals surface area contributed by atoms with Crippen LogP contribution in [0.15, 0.2) is 18.3 Å². The predicted molar refractivity (Wildman–Crippen MR) is 73.4 cm³/mol. The maximum atomic E-state index is 11.8. The van der Waals surface area contributed by atoms with Gasteiger partial charge in [0.25, 0.3) is 5.91 Å². The molecule has 1 aliphatic heterocycles. The zero-order chi connectivity index (χ0) is 13.7. The van der Waals surface area contributed by atoms with E-state index in [4.69, 9.17) is 4.74 Å². The van der Waals surface area contributed by atoms with E-state index in [-0.39, 0.29) is 5.91 Å². The van der Waals surface area contributed by atoms with Gasteiger partial charge in [0, 0.05) is 45.1 Å². The first-order valence-corrected chi connectivity index (χ1v) is 6.39. The van der Waals surface area contributed by atoms with Gasteiger partial charge >= 0.3 is 0 Å². The van der Waals surface area contributed by atoms with Crippen LogP contribution in [0, 0.1) is 0 Å².